The van der Waals surface area contributed by atoms with Crippen LogP contribution in [0.1, 0.15) is 27.2 Å². The van der Waals surface area contributed by atoms with Crippen molar-refractivity contribution in [1.82, 2.24) is 15.5 Å². The summed E-state index contributed by atoms with van der Waals surface area (Å²) in [5.74, 6) is 0.499. The molecule has 2 N–H and O–H groups in total. The van der Waals surface area contributed by atoms with E-state index in [2.05, 4.69) is 21.6 Å². The molecular formula is C16H19N3O3. The third kappa shape index (κ3) is 3.72. The Kier molecular flexibility index (Phi) is 4.93. The molecule has 0 saturated heterocycles. The minimum atomic E-state index is -0.337. The van der Waals surface area contributed by atoms with Gasteiger partial charge in [0, 0.05) is 12.6 Å². The molecule has 0 spiro atoms. The van der Waals surface area contributed by atoms with Crippen LogP contribution >= 0.6 is 0 Å². The van der Waals surface area contributed by atoms with Crippen LogP contribution in [0.3, 0.4) is 0 Å². The Morgan fingerprint density at radius 3 is 2.64 bits per heavy atom. The van der Waals surface area contributed by atoms with Crippen LogP contribution in [0, 0.1) is 13.8 Å². The maximum absolute atomic E-state index is 11.9. The summed E-state index contributed by atoms with van der Waals surface area (Å²) in [5, 5.41) is 8.70. The quantitative estimate of drug-likeness (QED) is 0.873. The Morgan fingerprint density at radius 1 is 1.27 bits per heavy atom. The Bertz CT molecular complexity index is 717. The molecule has 1 aromatic heterocycles. The predicted octanol–water partition coefficient (Wildman–Crippen LogP) is 1.37. The molecule has 0 saturated carbocycles. The molecule has 1 aromatic carbocycles. The molecule has 0 aliphatic heterocycles. The fourth-order valence-electron chi connectivity index (χ4n) is 2.11. The highest BCUT2D eigenvalue weighted by molar-refractivity contribution is 5.91. The number of methoxy groups -OCH3 is 1. The van der Waals surface area contributed by atoms with E-state index in [9.17, 15) is 9.59 Å². The molecule has 0 aliphatic rings. The second kappa shape index (κ2) is 6.89. The molecule has 116 valence electrons. The van der Waals surface area contributed by atoms with Crippen molar-refractivity contribution in [1.29, 1.82) is 0 Å². The number of hydrogen-bond acceptors (Lipinski definition) is 4. The van der Waals surface area contributed by atoms with E-state index in [1.807, 2.05) is 19.9 Å². The van der Waals surface area contributed by atoms with Gasteiger partial charge in [-0.1, -0.05) is 6.07 Å². The molecule has 1 amide bonds. The average molecular weight is 301 g/mol. The van der Waals surface area contributed by atoms with Crippen molar-refractivity contribution >= 4 is 5.91 Å². The van der Waals surface area contributed by atoms with Crippen LogP contribution in [0.25, 0.3) is 0 Å². The van der Waals surface area contributed by atoms with Crippen molar-refractivity contribution in [3.63, 3.8) is 0 Å². The molecule has 2 rings (SSSR count). The van der Waals surface area contributed by atoms with Gasteiger partial charge in [0.25, 0.3) is 11.5 Å². The number of nitrogens with one attached hydrogen (secondary N) is 2. The van der Waals surface area contributed by atoms with E-state index in [1.54, 1.807) is 7.11 Å². The smallest absolute Gasteiger partial charge is 0.271 e. The number of aromatic nitrogens is 2. The molecule has 0 bridgehead atoms. The van der Waals surface area contributed by atoms with Crippen LogP contribution < -0.4 is 15.6 Å². The van der Waals surface area contributed by atoms with Crippen LogP contribution in [0.5, 0.6) is 5.75 Å². The zero-order chi connectivity index (χ0) is 16.1. The zero-order valence-corrected chi connectivity index (χ0v) is 12.9. The summed E-state index contributed by atoms with van der Waals surface area (Å²) in [6.07, 6.45) is 0.652. The minimum absolute atomic E-state index is 0.187. The Hall–Kier alpha value is -2.63. The first-order chi connectivity index (χ1) is 10.5. The normalized spacial score (nSPS) is 10.3. The van der Waals surface area contributed by atoms with Gasteiger partial charge in [0.05, 0.1) is 7.11 Å². The van der Waals surface area contributed by atoms with Gasteiger partial charge in [-0.25, -0.2) is 5.10 Å². The largest absolute Gasteiger partial charge is 0.496 e. The molecule has 0 aliphatic carbocycles. The van der Waals surface area contributed by atoms with Crippen molar-refractivity contribution in [2.45, 2.75) is 20.3 Å². The zero-order valence-electron chi connectivity index (χ0n) is 12.9. The third-order valence-corrected chi connectivity index (χ3v) is 3.49. The monoisotopic (exact) mass is 301 g/mol. The molecule has 6 heteroatoms. The molecule has 1 heterocycles. The van der Waals surface area contributed by atoms with Crippen molar-refractivity contribution < 1.29 is 9.53 Å². The van der Waals surface area contributed by atoms with E-state index in [0.717, 1.165) is 11.3 Å². The van der Waals surface area contributed by atoms with Gasteiger partial charge in [0.1, 0.15) is 11.4 Å². The van der Waals surface area contributed by atoms with Gasteiger partial charge in [-0.15, -0.1) is 0 Å². The van der Waals surface area contributed by atoms with Crippen molar-refractivity contribution in [2.24, 2.45) is 0 Å². The summed E-state index contributed by atoms with van der Waals surface area (Å²) < 4.78 is 5.37. The van der Waals surface area contributed by atoms with E-state index in [1.165, 1.54) is 23.3 Å². The number of aryl methyl sites for hydroxylation is 2. The lowest BCUT2D eigenvalue weighted by Crippen LogP contribution is -2.27. The van der Waals surface area contributed by atoms with Crippen molar-refractivity contribution in [3.05, 3.63) is 57.0 Å². The van der Waals surface area contributed by atoms with E-state index < -0.39 is 0 Å². The van der Waals surface area contributed by atoms with Crippen LogP contribution in [-0.2, 0) is 6.42 Å². The topological polar surface area (TPSA) is 84.1 Å². The van der Waals surface area contributed by atoms with Gasteiger partial charge in [-0.2, -0.15) is 5.10 Å². The van der Waals surface area contributed by atoms with Crippen LogP contribution in [0.2, 0.25) is 0 Å². The minimum Gasteiger partial charge on any atom is -0.496 e. The molecule has 0 fully saturated rings. The number of H-pyrrole nitrogens is 1. The maximum Gasteiger partial charge on any atom is 0.271 e. The van der Waals surface area contributed by atoms with E-state index >= 15 is 0 Å². The van der Waals surface area contributed by atoms with Gasteiger partial charge >= 0.3 is 0 Å². The lowest BCUT2D eigenvalue weighted by Gasteiger charge is -2.12. The molecule has 6 nitrogen and oxygen atoms in total. The van der Waals surface area contributed by atoms with E-state index in [-0.39, 0.29) is 17.2 Å². The number of amides is 1. The fourth-order valence-corrected chi connectivity index (χ4v) is 2.11. The van der Waals surface area contributed by atoms with Gasteiger partial charge < -0.3 is 10.1 Å². The summed E-state index contributed by atoms with van der Waals surface area (Å²) in [4.78, 5) is 22.8. The fraction of sp³-hybridized carbons (Fsp3) is 0.312. The summed E-state index contributed by atoms with van der Waals surface area (Å²) >= 11 is 0. The Labute approximate surface area is 128 Å². The van der Waals surface area contributed by atoms with Gasteiger partial charge in [0.15, 0.2) is 0 Å². The number of ether oxygens (including phenoxy) is 1. The predicted molar refractivity (Wildman–Crippen MR) is 83.4 cm³/mol. The molecule has 0 unspecified atom stereocenters. The number of hydrogen-bond donors (Lipinski definition) is 2. The molecule has 0 atom stereocenters. The number of carbonyl (C=O) groups excluding carboxylic acids is 1. The van der Waals surface area contributed by atoms with Crippen LogP contribution in [0.15, 0.2) is 29.1 Å². The number of aromatic amines is 1. The van der Waals surface area contributed by atoms with Crippen molar-refractivity contribution in [2.75, 3.05) is 13.7 Å². The summed E-state index contributed by atoms with van der Waals surface area (Å²) in [7, 11) is 1.64. The highest BCUT2D eigenvalue weighted by atomic mass is 16.5. The lowest BCUT2D eigenvalue weighted by molar-refractivity contribution is 0.0948. The summed E-state index contributed by atoms with van der Waals surface area (Å²) in [5.41, 5.74) is 3.25. The molecule has 0 radical (unpaired) electrons. The van der Waals surface area contributed by atoms with E-state index in [0.29, 0.717) is 13.0 Å². The molecule has 2 aromatic rings. The summed E-state index contributed by atoms with van der Waals surface area (Å²) in [6.45, 7) is 4.53. The van der Waals surface area contributed by atoms with Crippen molar-refractivity contribution in [3.8, 4) is 5.75 Å². The van der Waals surface area contributed by atoms with Gasteiger partial charge in [-0.05, 0) is 49.1 Å². The van der Waals surface area contributed by atoms with Gasteiger partial charge in [0.2, 0.25) is 0 Å². The maximum atomic E-state index is 11.9. The number of nitrogens with zero attached hydrogens (tertiary/aromatic N) is 1. The third-order valence-electron chi connectivity index (χ3n) is 3.49. The van der Waals surface area contributed by atoms with Crippen LogP contribution in [-0.4, -0.2) is 29.8 Å². The first-order valence-electron chi connectivity index (χ1n) is 6.99. The average Bonchev–Trinajstić information content (AvgIpc) is 2.51. The standard InChI is InChI=1S/C16H19N3O3/c1-10-8-12(14(22-3)9-11(10)2)6-7-17-16(21)13-4-5-15(20)19-18-13/h4-5,8-9H,6-7H2,1-3H3,(H,17,21)(H,19,20). The number of carbonyl (C=O) groups is 1. The van der Waals surface area contributed by atoms with Gasteiger partial charge in [-0.3, -0.25) is 9.59 Å². The number of rotatable bonds is 5. The highest BCUT2D eigenvalue weighted by Crippen LogP contribution is 2.23. The second-order valence-electron chi connectivity index (χ2n) is 5.06. The molecule has 22 heavy (non-hydrogen) atoms. The molecular weight excluding hydrogens is 282 g/mol. The van der Waals surface area contributed by atoms with Crippen LogP contribution in [0.4, 0.5) is 0 Å². The first-order valence-corrected chi connectivity index (χ1v) is 6.99. The Morgan fingerprint density at radius 2 is 2.00 bits per heavy atom. The van der Waals surface area contributed by atoms with E-state index in [4.69, 9.17) is 4.74 Å². The lowest BCUT2D eigenvalue weighted by atomic mass is 10.0. The second-order valence-corrected chi connectivity index (χ2v) is 5.06. The number of benzene rings is 1. The highest BCUT2D eigenvalue weighted by Gasteiger charge is 2.09. The SMILES string of the molecule is COc1cc(C)c(C)cc1CCNC(=O)c1ccc(=O)[nH]n1. The summed E-state index contributed by atoms with van der Waals surface area (Å²) in [6, 6.07) is 6.73. The first kappa shape index (κ1) is 15.8. The Balaban J connectivity index is 1.99.